The van der Waals surface area contributed by atoms with Gasteiger partial charge < -0.3 is 14.6 Å². The number of likely N-dealkylation sites (tertiary alicyclic amines) is 1. The zero-order chi connectivity index (χ0) is 17.9. The Kier molecular flexibility index (Phi) is 5.89. The molecule has 1 aromatic rings. The largest absolute Gasteiger partial charge is 0.467 e. The van der Waals surface area contributed by atoms with Crippen molar-refractivity contribution in [3.63, 3.8) is 0 Å². The highest BCUT2D eigenvalue weighted by Crippen LogP contribution is 2.25. The van der Waals surface area contributed by atoms with Crippen molar-refractivity contribution in [3.05, 3.63) is 24.2 Å². The summed E-state index contributed by atoms with van der Waals surface area (Å²) < 4.78 is 33.2. The fourth-order valence-electron chi connectivity index (χ4n) is 2.78. The van der Waals surface area contributed by atoms with Gasteiger partial charge in [-0.2, -0.15) is 17.4 Å². The molecular weight excluding hydrogens is 332 g/mol. The summed E-state index contributed by atoms with van der Waals surface area (Å²) >= 11 is 0. The lowest BCUT2D eigenvalue weighted by molar-refractivity contribution is 0.204. The minimum Gasteiger partial charge on any atom is -0.467 e. The Balaban J connectivity index is 1.99. The van der Waals surface area contributed by atoms with Crippen LogP contribution in [0.2, 0.25) is 0 Å². The molecule has 0 saturated carbocycles. The molecule has 2 unspecified atom stereocenters. The standard InChI is InChI=1S/C15H26N4O4S/c1-11(2)13-9-19(10-14(13)17-24(21,22)18(3)4)15(20)16-8-12-6-5-7-23-12/h5-7,11,13-14,17H,8-10H2,1-4H3,(H,16,20). The molecule has 1 aromatic heterocycles. The molecule has 9 heteroatoms. The maximum absolute atomic E-state index is 12.3. The molecule has 136 valence electrons. The molecule has 2 amide bonds. The minimum atomic E-state index is -3.53. The third-order valence-corrected chi connectivity index (χ3v) is 5.85. The monoisotopic (exact) mass is 358 g/mol. The summed E-state index contributed by atoms with van der Waals surface area (Å²) in [5, 5.41) is 2.80. The first-order chi connectivity index (χ1) is 11.2. The average molecular weight is 358 g/mol. The van der Waals surface area contributed by atoms with E-state index in [1.165, 1.54) is 14.1 Å². The minimum absolute atomic E-state index is 0.0640. The highest BCUT2D eigenvalue weighted by Gasteiger charge is 2.39. The van der Waals surface area contributed by atoms with Gasteiger partial charge in [0.1, 0.15) is 5.76 Å². The summed E-state index contributed by atoms with van der Waals surface area (Å²) in [7, 11) is -0.572. The van der Waals surface area contributed by atoms with E-state index in [4.69, 9.17) is 4.42 Å². The number of nitrogens with zero attached hydrogens (tertiary/aromatic N) is 2. The number of hydrogen-bond donors (Lipinski definition) is 2. The highest BCUT2D eigenvalue weighted by atomic mass is 32.2. The number of nitrogens with one attached hydrogen (secondary N) is 2. The molecule has 1 aliphatic heterocycles. The topological polar surface area (TPSA) is 94.9 Å². The van der Waals surface area contributed by atoms with Crippen LogP contribution < -0.4 is 10.0 Å². The van der Waals surface area contributed by atoms with E-state index in [2.05, 4.69) is 10.0 Å². The number of carbonyl (C=O) groups excluding carboxylic acids is 1. The third-order valence-electron chi connectivity index (χ3n) is 4.28. The van der Waals surface area contributed by atoms with Crippen LogP contribution in [0.4, 0.5) is 4.79 Å². The summed E-state index contributed by atoms with van der Waals surface area (Å²) in [6.45, 7) is 5.24. The number of carbonyl (C=O) groups is 1. The number of furan rings is 1. The van der Waals surface area contributed by atoms with Crippen molar-refractivity contribution < 1.29 is 17.6 Å². The van der Waals surface area contributed by atoms with Crippen molar-refractivity contribution in [2.45, 2.75) is 26.4 Å². The molecule has 2 atom stereocenters. The predicted octanol–water partition coefficient (Wildman–Crippen LogP) is 0.842. The van der Waals surface area contributed by atoms with Gasteiger partial charge in [0.2, 0.25) is 0 Å². The summed E-state index contributed by atoms with van der Waals surface area (Å²) in [4.78, 5) is 14.0. The van der Waals surface area contributed by atoms with Crippen LogP contribution in [-0.4, -0.2) is 56.9 Å². The SMILES string of the molecule is CC(C)C1CN(C(=O)NCc2ccco2)CC1NS(=O)(=O)N(C)C. The second-order valence-corrected chi connectivity index (χ2v) is 8.48. The zero-order valence-electron chi connectivity index (χ0n) is 14.5. The van der Waals surface area contributed by atoms with Crippen LogP contribution in [0.15, 0.2) is 22.8 Å². The lowest BCUT2D eigenvalue weighted by Crippen LogP contribution is -2.47. The van der Waals surface area contributed by atoms with Crippen molar-refractivity contribution in [3.8, 4) is 0 Å². The quantitative estimate of drug-likeness (QED) is 0.788. The van der Waals surface area contributed by atoms with Crippen LogP contribution in [0.1, 0.15) is 19.6 Å². The van der Waals surface area contributed by atoms with Gasteiger partial charge >= 0.3 is 6.03 Å². The molecule has 1 fully saturated rings. The second kappa shape index (κ2) is 7.54. The lowest BCUT2D eigenvalue weighted by atomic mass is 9.92. The molecule has 0 aromatic carbocycles. The van der Waals surface area contributed by atoms with Gasteiger partial charge in [0, 0.05) is 33.2 Å². The van der Waals surface area contributed by atoms with E-state index >= 15 is 0 Å². The van der Waals surface area contributed by atoms with Gasteiger partial charge in [-0.1, -0.05) is 13.8 Å². The van der Waals surface area contributed by atoms with Crippen molar-refractivity contribution in [1.82, 2.24) is 19.2 Å². The van der Waals surface area contributed by atoms with Crippen LogP contribution in [0, 0.1) is 11.8 Å². The van der Waals surface area contributed by atoms with Crippen molar-refractivity contribution >= 4 is 16.2 Å². The highest BCUT2D eigenvalue weighted by molar-refractivity contribution is 7.87. The lowest BCUT2D eigenvalue weighted by Gasteiger charge is -2.24. The van der Waals surface area contributed by atoms with Gasteiger partial charge in [0.05, 0.1) is 12.8 Å². The maximum atomic E-state index is 12.3. The molecule has 2 heterocycles. The van der Waals surface area contributed by atoms with E-state index in [1.54, 1.807) is 23.3 Å². The first-order valence-electron chi connectivity index (χ1n) is 7.95. The van der Waals surface area contributed by atoms with E-state index in [0.717, 1.165) is 4.31 Å². The molecule has 2 N–H and O–H groups in total. The third kappa shape index (κ3) is 4.49. The zero-order valence-corrected chi connectivity index (χ0v) is 15.3. The Morgan fingerprint density at radius 3 is 2.67 bits per heavy atom. The van der Waals surface area contributed by atoms with Crippen molar-refractivity contribution in [2.75, 3.05) is 27.2 Å². The van der Waals surface area contributed by atoms with E-state index < -0.39 is 10.2 Å². The second-order valence-electron chi connectivity index (χ2n) is 6.56. The van der Waals surface area contributed by atoms with Crippen molar-refractivity contribution in [1.29, 1.82) is 0 Å². The molecule has 0 bridgehead atoms. The number of amides is 2. The van der Waals surface area contributed by atoms with Crippen LogP contribution in [-0.2, 0) is 16.8 Å². The Morgan fingerprint density at radius 1 is 1.42 bits per heavy atom. The molecule has 8 nitrogen and oxygen atoms in total. The molecular formula is C15H26N4O4S. The Bertz CT molecular complexity index is 642. The molecule has 24 heavy (non-hydrogen) atoms. The fourth-order valence-corrected chi connectivity index (χ4v) is 3.62. The first kappa shape index (κ1) is 18.8. The molecule has 0 aliphatic carbocycles. The number of rotatable bonds is 6. The van der Waals surface area contributed by atoms with Crippen LogP contribution in [0.25, 0.3) is 0 Å². The first-order valence-corrected chi connectivity index (χ1v) is 9.39. The van der Waals surface area contributed by atoms with E-state index in [-0.39, 0.29) is 23.9 Å². The summed E-state index contributed by atoms with van der Waals surface area (Å²) in [5.74, 6) is 0.990. The van der Waals surface area contributed by atoms with Crippen LogP contribution in [0.5, 0.6) is 0 Å². The number of urea groups is 1. The summed E-state index contributed by atoms with van der Waals surface area (Å²) in [5.41, 5.74) is 0. The van der Waals surface area contributed by atoms with Gasteiger partial charge in [-0.25, -0.2) is 4.79 Å². The van der Waals surface area contributed by atoms with Gasteiger partial charge in [0.15, 0.2) is 0 Å². The normalized spacial score (nSPS) is 21.7. The van der Waals surface area contributed by atoms with Gasteiger partial charge in [-0.3, -0.25) is 0 Å². The molecule has 1 aliphatic rings. The maximum Gasteiger partial charge on any atom is 0.317 e. The Labute approximate surface area is 143 Å². The van der Waals surface area contributed by atoms with Gasteiger partial charge in [-0.15, -0.1) is 0 Å². The Morgan fingerprint density at radius 2 is 2.12 bits per heavy atom. The molecule has 0 spiro atoms. The van der Waals surface area contributed by atoms with Crippen LogP contribution >= 0.6 is 0 Å². The average Bonchev–Trinajstić information content (AvgIpc) is 3.13. The number of hydrogen-bond acceptors (Lipinski definition) is 4. The van der Waals surface area contributed by atoms with E-state index in [0.29, 0.717) is 25.4 Å². The predicted molar refractivity (Wildman–Crippen MR) is 90.4 cm³/mol. The van der Waals surface area contributed by atoms with Gasteiger partial charge in [0.25, 0.3) is 10.2 Å². The summed E-state index contributed by atoms with van der Waals surface area (Å²) in [6.07, 6.45) is 1.55. The van der Waals surface area contributed by atoms with E-state index in [9.17, 15) is 13.2 Å². The van der Waals surface area contributed by atoms with Crippen LogP contribution in [0.3, 0.4) is 0 Å². The van der Waals surface area contributed by atoms with Gasteiger partial charge in [-0.05, 0) is 24.0 Å². The summed E-state index contributed by atoms with van der Waals surface area (Å²) in [6, 6.07) is 3.03. The van der Waals surface area contributed by atoms with Crippen molar-refractivity contribution in [2.24, 2.45) is 11.8 Å². The Hall–Kier alpha value is -1.58. The molecule has 2 rings (SSSR count). The fraction of sp³-hybridized carbons (Fsp3) is 0.667. The molecule has 0 radical (unpaired) electrons. The van der Waals surface area contributed by atoms with E-state index in [1.807, 2.05) is 13.8 Å². The molecule has 1 saturated heterocycles. The smallest absolute Gasteiger partial charge is 0.317 e.